The number of pyridine rings is 1. The van der Waals surface area contributed by atoms with Gasteiger partial charge in [0.15, 0.2) is 5.96 Å². The van der Waals surface area contributed by atoms with Crippen molar-refractivity contribution in [1.29, 1.82) is 0 Å². The van der Waals surface area contributed by atoms with Gasteiger partial charge in [0.05, 0.1) is 18.7 Å². The number of hydrogen-bond donors (Lipinski definition) is 3. The first kappa shape index (κ1) is 21.7. The van der Waals surface area contributed by atoms with E-state index in [4.69, 9.17) is 10.5 Å². The summed E-state index contributed by atoms with van der Waals surface area (Å²) < 4.78 is 42.8. The molecule has 0 spiro atoms. The molecular formula is C17H25F3N6O2. The van der Waals surface area contributed by atoms with Crippen LogP contribution in [-0.4, -0.2) is 67.6 Å². The SMILES string of the molecule is CN=C(NCCOc1ccc(C(F)(F)F)cn1)NC1CCN(CC(N)=O)CC1. The smallest absolute Gasteiger partial charge is 0.417 e. The first-order chi connectivity index (χ1) is 13.3. The van der Waals surface area contributed by atoms with Crippen LogP contribution < -0.4 is 21.1 Å². The maximum absolute atomic E-state index is 12.5. The fourth-order valence-electron chi connectivity index (χ4n) is 2.80. The number of carbonyl (C=O) groups excluding carboxylic acids is 1. The van der Waals surface area contributed by atoms with Gasteiger partial charge in [0, 0.05) is 38.4 Å². The maximum Gasteiger partial charge on any atom is 0.417 e. The summed E-state index contributed by atoms with van der Waals surface area (Å²) in [5, 5.41) is 6.39. The zero-order valence-corrected chi connectivity index (χ0v) is 15.6. The molecule has 0 bridgehead atoms. The molecule has 0 saturated carbocycles. The molecule has 28 heavy (non-hydrogen) atoms. The lowest BCUT2D eigenvalue weighted by atomic mass is 10.1. The Hall–Kier alpha value is -2.56. The molecular weight excluding hydrogens is 377 g/mol. The van der Waals surface area contributed by atoms with Crippen molar-refractivity contribution in [2.45, 2.75) is 25.1 Å². The number of amides is 1. The second-order valence-corrected chi connectivity index (χ2v) is 6.39. The molecule has 1 amide bonds. The van der Waals surface area contributed by atoms with Gasteiger partial charge in [0.2, 0.25) is 11.8 Å². The van der Waals surface area contributed by atoms with Crippen molar-refractivity contribution in [3.05, 3.63) is 23.9 Å². The third kappa shape index (κ3) is 7.22. The number of guanidine groups is 1. The molecule has 1 aliphatic rings. The van der Waals surface area contributed by atoms with Crippen LogP contribution in [-0.2, 0) is 11.0 Å². The molecule has 1 aromatic rings. The molecule has 0 aliphatic carbocycles. The molecule has 1 saturated heterocycles. The number of alkyl halides is 3. The Bertz CT molecular complexity index is 658. The van der Waals surface area contributed by atoms with Crippen LogP contribution in [0.4, 0.5) is 13.2 Å². The number of primary amides is 1. The normalized spacial score (nSPS) is 16.6. The van der Waals surface area contributed by atoms with E-state index >= 15 is 0 Å². The topological polar surface area (TPSA) is 105 Å². The summed E-state index contributed by atoms with van der Waals surface area (Å²) in [6, 6.07) is 2.35. The van der Waals surface area contributed by atoms with Crippen molar-refractivity contribution in [3.63, 3.8) is 0 Å². The van der Waals surface area contributed by atoms with Gasteiger partial charge in [-0.05, 0) is 18.9 Å². The molecule has 2 rings (SSSR count). The van der Waals surface area contributed by atoms with Gasteiger partial charge >= 0.3 is 6.18 Å². The van der Waals surface area contributed by atoms with Gasteiger partial charge in [-0.15, -0.1) is 0 Å². The minimum atomic E-state index is -4.42. The monoisotopic (exact) mass is 402 g/mol. The molecule has 0 radical (unpaired) electrons. The highest BCUT2D eigenvalue weighted by molar-refractivity contribution is 5.80. The Balaban J connectivity index is 1.67. The number of carbonyl (C=O) groups is 1. The summed E-state index contributed by atoms with van der Waals surface area (Å²) >= 11 is 0. The number of nitrogens with zero attached hydrogens (tertiary/aromatic N) is 3. The van der Waals surface area contributed by atoms with E-state index in [1.165, 1.54) is 6.07 Å². The largest absolute Gasteiger partial charge is 0.476 e. The average Bonchev–Trinajstić information content (AvgIpc) is 2.65. The minimum absolute atomic E-state index is 0.125. The fourth-order valence-corrected chi connectivity index (χ4v) is 2.80. The number of rotatable bonds is 7. The molecule has 11 heteroatoms. The molecule has 0 aromatic carbocycles. The summed E-state index contributed by atoms with van der Waals surface area (Å²) in [5.41, 5.74) is 4.39. The summed E-state index contributed by atoms with van der Waals surface area (Å²) in [7, 11) is 1.65. The van der Waals surface area contributed by atoms with E-state index in [1.807, 2.05) is 4.90 Å². The van der Waals surface area contributed by atoms with Gasteiger partial charge in [-0.25, -0.2) is 4.98 Å². The van der Waals surface area contributed by atoms with Crippen molar-refractivity contribution in [3.8, 4) is 5.88 Å². The number of ether oxygens (including phenoxy) is 1. The second-order valence-electron chi connectivity index (χ2n) is 6.39. The van der Waals surface area contributed by atoms with Gasteiger partial charge in [-0.2, -0.15) is 13.2 Å². The summed E-state index contributed by atoms with van der Waals surface area (Å²) in [5.74, 6) is 0.406. The van der Waals surface area contributed by atoms with Crippen molar-refractivity contribution < 1.29 is 22.7 Å². The number of halogens is 3. The number of hydrogen-bond acceptors (Lipinski definition) is 5. The van der Waals surface area contributed by atoms with Gasteiger partial charge in [0.1, 0.15) is 6.61 Å². The Morgan fingerprint density at radius 2 is 2.11 bits per heavy atom. The van der Waals surface area contributed by atoms with Crippen LogP contribution in [0.3, 0.4) is 0 Å². The van der Waals surface area contributed by atoms with E-state index in [9.17, 15) is 18.0 Å². The van der Waals surface area contributed by atoms with Crippen LogP contribution in [0.25, 0.3) is 0 Å². The number of nitrogens with two attached hydrogens (primary N) is 1. The van der Waals surface area contributed by atoms with Crippen molar-refractivity contribution in [2.75, 3.05) is 39.8 Å². The van der Waals surface area contributed by atoms with Crippen LogP contribution in [0.2, 0.25) is 0 Å². The molecule has 1 fully saturated rings. The first-order valence-corrected chi connectivity index (χ1v) is 8.92. The standard InChI is InChI=1S/C17H25F3N6O2/c1-22-16(25-13-4-7-26(8-5-13)11-14(21)27)23-6-9-28-15-3-2-12(10-24-15)17(18,19)20/h2-3,10,13H,4-9,11H2,1H3,(H2,21,27)(H2,22,23,25). The number of piperidine rings is 1. The van der Waals surface area contributed by atoms with E-state index < -0.39 is 11.7 Å². The summed E-state index contributed by atoms with van der Waals surface area (Å²) in [6.07, 6.45) is -1.95. The van der Waals surface area contributed by atoms with E-state index in [-0.39, 0.29) is 31.0 Å². The Kier molecular flexibility index (Phi) is 7.85. The highest BCUT2D eigenvalue weighted by Gasteiger charge is 2.30. The van der Waals surface area contributed by atoms with Gasteiger partial charge < -0.3 is 21.1 Å². The van der Waals surface area contributed by atoms with Gasteiger partial charge in [-0.3, -0.25) is 14.7 Å². The lowest BCUT2D eigenvalue weighted by Gasteiger charge is -2.32. The van der Waals surface area contributed by atoms with E-state index in [0.717, 1.165) is 38.2 Å². The lowest BCUT2D eigenvalue weighted by Crippen LogP contribution is -2.50. The minimum Gasteiger partial charge on any atom is -0.476 e. The third-order valence-corrected chi connectivity index (χ3v) is 4.24. The second kappa shape index (κ2) is 10.1. The number of nitrogens with one attached hydrogen (secondary N) is 2. The van der Waals surface area contributed by atoms with E-state index in [1.54, 1.807) is 7.05 Å². The number of likely N-dealkylation sites (tertiary alicyclic amines) is 1. The molecule has 1 aliphatic heterocycles. The van der Waals surface area contributed by atoms with Gasteiger partial charge in [-0.1, -0.05) is 0 Å². The predicted molar refractivity (Wildman–Crippen MR) is 97.9 cm³/mol. The van der Waals surface area contributed by atoms with Crippen LogP contribution in [0.15, 0.2) is 23.3 Å². The van der Waals surface area contributed by atoms with Crippen molar-refractivity contribution in [2.24, 2.45) is 10.7 Å². The lowest BCUT2D eigenvalue weighted by molar-refractivity contribution is -0.137. The van der Waals surface area contributed by atoms with Crippen LogP contribution >= 0.6 is 0 Å². The van der Waals surface area contributed by atoms with Crippen molar-refractivity contribution in [1.82, 2.24) is 20.5 Å². The zero-order chi connectivity index (χ0) is 20.6. The first-order valence-electron chi connectivity index (χ1n) is 8.92. The van der Waals surface area contributed by atoms with Gasteiger partial charge in [0.25, 0.3) is 0 Å². The molecule has 0 unspecified atom stereocenters. The molecule has 8 nitrogen and oxygen atoms in total. The highest BCUT2D eigenvalue weighted by atomic mass is 19.4. The number of aromatic nitrogens is 1. The predicted octanol–water partition coefficient (Wildman–Crippen LogP) is 0.594. The highest BCUT2D eigenvalue weighted by Crippen LogP contribution is 2.29. The fraction of sp³-hybridized carbons (Fsp3) is 0.588. The van der Waals surface area contributed by atoms with E-state index in [0.29, 0.717) is 12.5 Å². The average molecular weight is 402 g/mol. The van der Waals surface area contributed by atoms with Crippen LogP contribution in [0.1, 0.15) is 18.4 Å². The third-order valence-electron chi connectivity index (χ3n) is 4.24. The summed E-state index contributed by atoms with van der Waals surface area (Å²) in [4.78, 5) is 20.8. The van der Waals surface area contributed by atoms with Crippen LogP contribution in [0, 0.1) is 0 Å². The quantitative estimate of drug-likeness (QED) is 0.350. The molecule has 1 aromatic heterocycles. The number of aliphatic imine (C=N–C) groups is 1. The summed E-state index contributed by atoms with van der Waals surface area (Å²) in [6.45, 7) is 2.45. The molecule has 156 valence electrons. The Morgan fingerprint density at radius 3 is 2.64 bits per heavy atom. The maximum atomic E-state index is 12.5. The zero-order valence-electron chi connectivity index (χ0n) is 15.6. The molecule has 0 atom stereocenters. The van der Waals surface area contributed by atoms with Crippen molar-refractivity contribution >= 4 is 11.9 Å². The Labute approximate surface area is 161 Å². The Morgan fingerprint density at radius 1 is 1.39 bits per heavy atom. The van der Waals surface area contributed by atoms with E-state index in [2.05, 4.69) is 20.6 Å². The molecule has 2 heterocycles. The molecule has 4 N–H and O–H groups in total. The van der Waals surface area contributed by atoms with Crippen LogP contribution in [0.5, 0.6) is 5.88 Å².